The molecule has 2 N–H and O–H groups in total. The Kier molecular flexibility index (Phi) is 13.1. The number of carboxylic acids is 1. The zero-order valence-corrected chi connectivity index (χ0v) is 25.2. The molecule has 3 heterocycles. The molecule has 1 amide bonds. The van der Waals surface area contributed by atoms with Gasteiger partial charge in [-0.2, -0.15) is 0 Å². The van der Waals surface area contributed by atoms with Crippen LogP contribution in [0.5, 0.6) is 0 Å². The predicted molar refractivity (Wildman–Crippen MR) is 165 cm³/mol. The van der Waals surface area contributed by atoms with Crippen LogP contribution < -0.4 is 10.2 Å². The number of anilines is 1. The Morgan fingerprint density at radius 3 is 2.63 bits per heavy atom. The van der Waals surface area contributed by atoms with Crippen LogP contribution in [0.15, 0.2) is 89.5 Å². The van der Waals surface area contributed by atoms with Gasteiger partial charge in [0.25, 0.3) is 0 Å². The Bertz CT molecular complexity index is 1290. The van der Waals surface area contributed by atoms with Gasteiger partial charge in [-0.1, -0.05) is 36.5 Å². The first-order valence-corrected chi connectivity index (χ1v) is 14.5. The zero-order valence-electron chi connectivity index (χ0n) is 25.2. The molecule has 3 aliphatic rings. The van der Waals surface area contributed by atoms with E-state index in [9.17, 15) is 14.0 Å². The summed E-state index contributed by atoms with van der Waals surface area (Å²) >= 11 is 0. The van der Waals surface area contributed by atoms with Crippen molar-refractivity contribution in [3.8, 4) is 0 Å². The van der Waals surface area contributed by atoms with E-state index in [0.29, 0.717) is 45.2 Å². The molecule has 10 heteroatoms. The minimum atomic E-state index is -1.04. The van der Waals surface area contributed by atoms with Gasteiger partial charge in [0.05, 0.1) is 25.3 Å². The van der Waals surface area contributed by atoms with Crippen molar-refractivity contribution in [2.24, 2.45) is 0 Å². The summed E-state index contributed by atoms with van der Waals surface area (Å²) in [5.74, 6) is -0.853. The first-order chi connectivity index (χ1) is 20.7. The topological polar surface area (TPSA) is 110 Å². The Balaban J connectivity index is 0.000000237. The SMILES string of the molecule is C=C(C1=CC=C(F)C=CC1)/C(=C\C(C)=C/COCC)COCC.O=C(O)c1ccc(N2CC3(CCNCC3)OC2=O)nc1. The number of rotatable bonds is 11. The molecule has 0 radical (unpaired) electrons. The maximum atomic E-state index is 13.3. The third kappa shape index (κ3) is 10.1. The van der Waals surface area contributed by atoms with Gasteiger partial charge in [-0.15, -0.1) is 0 Å². The molecule has 4 rings (SSSR count). The Morgan fingerprint density at radius 1 is 1.23 bits per heavy atom. The number of hydrogen-bond acceptors (Lipinski definition) is 7. The fraction of sp³-hybridized carbons (Fsp3) is 0.424. The van der Waals surface area contributed by atoms with E-state index < -0.39 is 17.7 Å². The number of hydrogen-bond donors (Lipinski definition) is 2. The number of nitrogens with one attached hydrogen (secondary N) is 1. The van der Waals surface area contributed by atoms with Crippen LogP contribution in [0, 0.1) is 0 Å². The van der Waals surface area contributed by atoms with Crippen molar-refractivity contribution in [2.45, 2.75) is 45.6 Å². The number of pyridine rings is 1. The molecule has 0 unspecified atom stereocenters. The molecule has 0 atom stereocenters. The normalized spacial score (nSPS) is 18.3. The molecule has 9 nitrogen and oxygen atoms in total. The van der Waals surface area contributed by atoms with Gasteiger partial charge < -0.3 is 24.6 Å². The standard InChI is InChI=1S/C20H27FO2.C13H15N3O4/c1-5-22-13-12-16(3)14-19(15-23-6-2)17(4)18-8-7-9-20(21)11-10-18;17-11(18)9-1-2-10(15-7-9)16-8-13(20-12(16)19)3-5-14-6-4-13/h7,9-12,14H,4-6,8,13,15H2,1-3H3;1-2,7,14H,3-6,8H2,(H,17,18)/b16-12-,19-14-;. The van der Waals surface area contributed by atoms with Crippen LogP contribution in [0.2, 0.25) is 0 Å². The molecule has 1 spiro atoms. The fourth-order valence-corrected chi connectivity index (χ4v) is 4.72. The minimum Gasteiger partial charge on any atom is -0.478 e. The summed E-state index contributed by atoms with van der Waals surface area (Å²) in [5.41, 5.74) is 3.65. The van der Waals surface area contributed by atoms with Crippen LogP contribution in [0.25, 0.3) is 0 Å². The molecule has 1 aromatic rings. The van der Waals surface area contributed by atoms with Crippen LogP contribution >= 0.6 is 0 Å². The lowest BCUT2D eigenvalue weighted by Gasteiger charge is -2.31. The molecule has 232 valence electrons. The fourth-order valence-electron chi connectivity index (χ4n) is 4.72. The summed E-state index contributed by atoms with van der Waals surface area (Å²) in [4.78, 5) is 28.3. The quantitative estimate of drug-likeness (QED) is 0.234. The first kappa shape index (κ1) is 33.6. The molecular formula is C33H42FN3O6. The van der Waals surface area contributed by atoms with Gasteiger partial charge in [-0.3, -0.25) is 4.90 Å². The van der Waals surface area contributed by atoms with Gasteiger partial charge in [-0.25, -0.2) is 19.0 Å². The summed E-state index contributed by atoms with van der Waals surface area (Å²) < 4.78 is 29.7. The number of carboxylic acid groups (broad SMARTS) is 1. The summed E-state index contributed by atoms with van der Waals surface area (Å²) in [7, 11) is 0. The van der Waals surface area contributed by atoms with Crippen molar-refractivity contribution >= 4 is 17.9 Å². The number of carbonyl (C=O) groups is 2. The van der Waals surface area contributed by atoms with E-state index in [1.165, 1.54) is 35.4 Å². The molecule has 0 aromatic carbocycles. The van der Waals surface area contributed by atoms with E-state index in [2.05, 4.69) is 23.0 Å². The molecule has 1 aliphatic carbocycles. The number of nitrogens with zero attached hydrogens (tertiary/aromatic N) is 2. The summed E-state index contributed by atoms with van der Waals surface area (Å²) in [6.07, 6.45) is 13.7. The largest absolute Gasteiger partial charge is 0.478 e. The number of allylic oxidation sites excluding steroid dienone is 8. The van der Waals surface area contributed by atoms with E-state index in [4.69, 9.17) is 19.3 Å². The van der Waals surface area contributed by atoms with Gasteiger partial charge in [0.15, 0.2) is 0 Å². The number of carbonyl (C=O) groups excluding carboxylic acids is 1. The maximum absolute atomic E-state index is 13.3. The second-order valence-electron chi connectivity index (χ2n) is 10.3. The van der Waals surface area contributed by atoms with Crippen molar-refractivity contribution < 1.29 is 33.3 Å². The number of halogens is 1. The highest BCUT2D eigenvalue weighted by atomic mass is 19.1. The molecule has 43 heavy (non-hydrogen) atoms. The molecule has 1 aromatic heterocycles. The summed E-state index contributed by atoms with van der Waals surface area (Å²) in [6.45, 7) is 14.7. The molecule has 0 saturated carbocycles. The van der Waals surface area contributed by atoms with Crippen LogP contribution in [-0.4, -0.2) is 73.8 Å². The highest BCUT2D eigenvalue weighted by Crippen LogP contribution is 2.33. The minimum absolute atomic E-state index is 0.0953. The number of aromatic nitrogens is 1. The maximum Gasteiger partial charge on any atom is 0.416 e. The molecular weight excluding hydrogens is 553 g/mol. The predicted octanol–water partition coefficient (Wildman–Crippen LogP) is 6.09. The van der Waals surface area contributed by atoms with E-state index in [1.54, 1.807) is 6.08 Å². The van der Waals surface area contributed by atoms with Crippen molar-refractivity contribution in [2.75, 3.05) is 51.0 Å². The van der Waals surface area contributed by atoms with Gasteiger partial charge >= 0.3 is 12.1 Å². The van der Waals surface area contributed by atoms with E-state index >= 15 is 0 Å². The second kappa shape index (κ2) is 16.7. The number of amides is 1. The Labute approximate surface area is 253 Å². The lowest BCUT2D eigenvalue weighted by atomic mass is 9.92. The van der Waals surface area contributed by atoms with Crippen LogP contribution in [0.1, 0.15) is 50.4 Å². The van der Waals surface area contributed by atoms with Crippen LogP contribution in [0.4, 0.5) is 15.0 Å². The average Bonchev–Trinajstić information content (AvgIpc) is 3.15. The average molecular weight is 596 g/mol. The highest BCUT2D eigenvalue weighted by Gasteiger charge is 2.46. The van der Waals surface area contributed by atoms with E-state index in [0.717, 1.165) is 48.2 Å². The number of piperidine rings is 1. The van der Waals surface area contributed by atoms with Gasteiger partial charge in [-0.05, 0) is 81.3 Å². The van der Waals surface area contributed by atoms with E-state index in [-0.39, 0.29) is 11.4 Å². The van der Waals surface area contributed by atoms with Crippen molar-refractivity contribution in [3.05, 3.63) is 95.0 Å². The third-order valence-corrected chi connectivity index (χ3v) is 7.18. The van der Waals surface area contributed by atoms with Gasteiger partial charge in [0, 0.05) is 32.3 Å². The van der Waals surface area contributed by atoms with Crippen molar-refractivity contribution in [3.63, 3.8) is 0 Å². The van der Waals surface area contributed by atoms with E-state index in [1.807, 2.05) is 32.9 Å². The molecule has 0 bridgehead atoms. The molecule has 2 saturated heterocycles. The second-order valence-corrected chi connectivity index (χ2v) is 10.3. The summed E-state index contributed by atoms with van der Waals surface area (Å²) in [5, 5.41) is 12.1. The lowest BCUT2D eigenvalue weighted by molar-refractivity contribution is 0.0316. The molecule has 2 aliphatic heterocycles. The monoisotopic (exact) mass is 595 g/mol. The van der Waals surface area contributed by atoms with Gasteiger partial charge in [0.2, 0.25) is 0 Å². The van der Waals surface area contributed by atoms with Crippen molar-refractivity contribution in [1.29, 1.82) is 0 Å². The number of ether oxygens (including phenoxy) is 3. The van der Waals surface area contributed by atoms with Gasteiger partial charge in [0.1, 0.15) is 17.2 Å². The van der Waals surface area contributed by atoms with Crippen molar-refractivity contribution in [1.82, 2.24) is 10.3 Å². The lowest BCUT2D eigenvalue weighted by Crippen LogP contribution is -2.44. The van der Waals surface area contributed by atoms with Crippen LogP contribution in [0.3, 0.4) is 0 Å². The Hall–Kier alpha value is -3.86. The summed E-state index contributed by atoms with van der Waals surface area (Å²) in [6, 6.07) is 2.97. The smallest absolute Gasteiger partial charge is 0.416 e. The zero-order chi connectivity index (χ0) is 31.2. The van der Waals surface area contributed by atoms with Crippen LogP contribution in [-0.2, 0) is 14.2 Å². The third-order valence-electron chi connectivity index (χ3n) is 7.18. The molecule has 2 fully saturated rings. The highest BCUT2D eigenvalue weighted by molar-refractivity contribution is 5.91. The number of aromatic carboxylic acids is 1. The Morgan fingerprint density at radius 2 is 1.98 bits per heavy atom. The first-order valence-electron chi connectivity index (χ1n) is 14.5.